The summed E-state index contributed by atoms with van der Waals surface area (Å²) in [5.41, 5.74) is 0.714. The quantitative estimate of drug-likeness (QED) is 0.798. The highest BCUT2D eigenvalue weighted by Gasteiger charge is 2.24. The molecule has 1 aromatic rings. The first-order chi connectivity index (χ1) is 9.85. The fourth-order valence-corrected chi connectivity index (χ4v) is 2.30. The second-order valence-electron chi connectivity index (χ2n) is 6.50. The molecule has 21 heavy (non-hydrogen) atoms. The lowest BCUT2D eigenvalue weighted by molar-refractivity contribution is 0.0263. The van der Waals surface area contributed by atoms with Crippen molar-refractivity contribution in [3.63, 3.8) is 0 Å². The smallest absolute Gasteiger partial charge is 0.410 e. The van der Waals surface area contributed by atoms with Crippen molar-refractivity contribution in [1.29, 1.82) is 0 Å². The zero-order chi connectivity index (χ0) is 15.5. The normalized spacial score (nSPS) is 16.6. The third-order valence-electron chi connectivity index (χ3n) is 3.37. The highest BCUT2D eigenvalue weighted by molar-refractivity contribution is 5.68. The number of nitrogens with zero attached hydrogens (tertiary/aromatic N) is 3. The standard InChI is InChI=1S/C16H25N3O2/c1-13-6-7-14(17-12-13)18-8-5-9-19(11-10-18)15(20)21-16(2,3)4/h6-7,12H,5,8-11H2,1-4H3. The van der Waals surface area contributed by atoms with Crippen molar-refractivity contribution in [3.05, 3.63) is 23.9 Å². The number of aryl methyl sites for hydroxylation is 1. The van der Waals surface area contributed by atoms with E-state index in [1.54, 1.807) is 4.90 Å². The summed E-state index contributed by atoms with van der Waals surface area (Å²) < 4.78 is 5.44. The van der Waals surface area contributed by atoms with Crippen LogP contribution in [0.3, 0.4) is 0 Å². The molecule has 1 aliphatic rings. The lowest BCUT2D eigenvalue weighted by Gasteiger charge is -2.26. The Morgan fingerprint density at radius 1 is 1.19 bits per heavy atom. The van der Waals surface area contributed by atoms with Gasteiger partial charge < -0.3 is 14.5 Å². The number of carbonyl (C=O) groups excluding carboxylic acids is 1. The maximum atomic E-state index is 12.1. The molecule has 116 valence electrons. The molecular formula is C16H25N3O2. The van der Waals surface area contributed by atoms with Crippen LogP contribution in [0.4, 0.5) is 10.6 Å². The second kappa shape index (κ2) is 6.33. The Bertz CT molecular complexity index is 479. The van der Waals surface area contributed by atoms with Crippen LogP contribution in [-0.2, 0) is 4.74 Å². The monoisotopic (exact) mass is 291 g/mol. The van der Waals surface area contributed by atoms with Crippen LogP contribution >= 0.6 is 0 Å². The minimum absolute atomic E-state index is 0.221. The lowest BCUT2D eigenvalue weighted by atomic mass is 10.2. The summed E-state index contributed by atoms with van der Waals surface area (Å²) in [7, 11) is 0. The third kappa shape index (κ3) is 4.62. The minimum Gasteiger partial charge on any atom is -0.444 e. The number of hydrogen-bond donors (Lipinski definition) is 0. The van der Waals surface area contributed by atoms with E-state index < -0.39 is 5.60 Å². The molecule has 0 atom stereocenters. The van der Waals surface area contributed by atoms with Crippen LogP contribution in [0.1, 0.15) is 32.8 Å². The van der Waals surface area contributed by atoms with Crippen molar-refractivity contribution in [2.45, 2.75) is 39.7 Å². The zero-order valence-electron chi connectivity index (χ0n) is 13.4. The van der Waals surface area contributed by atoms with Crippen molar-refractivity contribution in [3.8, 4) is 0 Å². The highest BCUT2D eigenvalue weighted by Crippen LogP contribution is 2.16. The number of amides is 1. The van der Waals surface area contributed by atoms with Crippen LogP contribution in [0.25, 0.3) is 0 Å². The summed E-state index contributed by atoms with van der Waals surface area (Å²) in [6.45, 7) is 10.8. The van der Waals surface area contributed by atoms with E-state index in [0.29, 0.717) is 6.54 Å². The van der Waals surface area contributed by atoms with Crippen LogP contribution in [0, 0.1) is 6.92 Å². The van der Waals surface area contributed by atoms with Crippen LogP contribution in [0.2, 0.25) is 0 Å². The van der Waals surface area contributed by atoms with E-state index in [1.807, 2.05) is 40.0 Å². The Kier molecular flexibility index (Phi) is 4.70. The molecule has 1 aromatic heterocycles. The van der Waals surface area contributed by atoms with Crippen molar-refractivity contribution in [2.75, 3.05) is 31.1 Å². The zero-order valence-corrected chi connectivity index (χ0v) is 13.4. The van der Waals surface area contributed by atoms with Gasteiger partial charge in [-0.05, 0) is 45.7 Å². The van der Waals surface area contributed by atoms with Crippen LogP contribution < -0.4 is 4.90 Å². The Labute approximate surface area is 126 Å². The van der Waals surface area contributed by atoms with Crippen molar-refractivity contribution >= 4 is 11.9 Å². The number of ether oxygens (including phenoxy) is 1. The van der Waals surface area contributed by atoms with Gasteiger partial charge in [0, 0.05) is 32.4 Å². The average Bonchev–Trinajstić information content (AvgIpc) is 2.63. The molecule has 2 rings (SSSR count). The predicted octanol–water partition coefficient (Wildman–Crippen LogP) is 2.84. The highest BCUT2D eigenvalue weighted by atomic mass is 16.6. The maximum Gasteiger partial charge on any atom is 0.410 e. The maximum absolute atomic E-state index is 12.1. The molecule has 0 radical (unpaired) electrons. The molecule has 0 unspecified atom stereocenters. The molecule has 0 aromatic carbocycles. The summed E-state index contributed by atoms with van der Waals surface area (Å²) in [6.07, 6.45) is 2.59. The molecular weight excluding hydrogens is 266 g/mol. The SMILES string of the molecule is Cc1ccc(N2CCCN(C(=O)OC(C)(C)C)CC2)nc1. The molecule has 0 spiro atoms. The first-order valence-corrected chi connectivity index (χ1v) is 7.51. The van der Waals surface area contributed by atoms with Crippen molar-refractivity contribution < 1.29 is 9.53 Å². The summed E-state index contributed by atoms with van der Waals surface area (Å²) >= 11 is 0. The van der Waals surface area contributed by atoms with E-state index in [0.717, 1.165) is 37.4 Å². The van der Waals surface area contributed by atoms with E-state index in [4.69, 9.17) is 4.74 Å². The van der Waals surface area contributed by atoms with Gasteiger partial charge in [0.05, 0.1) is 0 Å². The molecule has 5 heteroatoms. The lowest BCUT2D eigenvalue weighted by Crippen LogP contribution is -2.39. The van der Waals surface area contributed by atoms with Gasteiger partial charge in [-0.25, -0.2) is 9.78 Å². The van der Waals surface area contributed by atoms with E-state index >= 15 is 0 Å². The molecule has 1 fully saturated rings. The fraction of sp³-hybridized carbons (Fsp3) is 0.625. The molecule has 0 aliphatic carbocycles. The van der Waals surface area contributed by atoms with Crippen LogP contribution in [-0.4, -0.2) is 47.8 Å². The fourth-order valence-electron chi connectivity index (χ4n) is 2.30. The van der Waals surface area contributed by atoms with Crippen molar-refractivity contribution in [1.82, 2.24) is 9.88 Å². The number of carbonyl (C=O) groups is 1. The van der Waals surface area contributed by atoms with Crippen LogP contribution in [0.15, 0.2) is 18.3 Å². The van der Waals surface area contributed by atoms with Crippen molar-refractivity contribution in [2.24, 2.45) is 0 Å². The average molecular weight is 291 g/mol. The predicted molar refractivity (Wildman–Crippen MR) is 83.6 cm³/mol. The number of pyridine rings is 1. The molecule has 1 saturated heterocycles. The molecule has 5 nitrogen and oxygen atoms in total. The van der Waals surface area contributed by atoms with Gasteiger partial charge in [0.15, 0.2) is 0 Å². The number of rotatable bonds is 1. The summed E-state index contributed by atoms with van der Waals surface area (Å²) in [4.78, 5) is 20.6. The number of hydrogen-bond acceptors (Lipinski definition) is 4. The third-order valence-corrected chi connectivity index (χ3v) is 3.37. The molecule has 0 bridgehead atoms. The van der Waals surface area contributed by atoms with Gasteiger partial charge in [0.25, 0.3) is 0 Å². The Morgan fingerprint density at radius 2 is 1.95 bits per heavy atom. The van der Waals surface area contributed by atoms with Gasteiger partial charge in [-0.3, -0.25) is 0 Å². The van der Waals surface area contributed by atoms with E-state index in [1.165, 1.54) is 0 Å². The van der Waals surface area contributed by atoms with E-state index in [2.05, 4.69) is 16.0 Å². The van der Waals surface area contributed by atoms with Gasteiger partial charge in [0.1, 0.15) is 11.4 Å². The second-order valence-corrected chi connectivity index (χ2v) is 6.50. The van der Waals surface area contributed by atoms with Gasteiger partial charge >= 0.3 is 6.09 Å². The Balaban J connectivity index is 1.95. The number of aromatic nitrogens is 1. The molecule has 0 N–H and O–H groups in total. The first kappa shape index (κ1) is 15.6. The molecule has 0 saturated carbocycles. The van der Waals surface area contributed by atoms with E-state index in [9.17, 15) is 4.79 Å². The van der Waals surface area contributed by atoms with Gasteiger partial charge in [-0.15, -0.1) is 0 Å². The summed E-state index contributed by atoms with van der Waals surface area (Å²) in [5, 5.41) is 0. The first-order valence-electron chi connectivity index (χ1n) is 7.51. The van der Waals surface area contributed by atoms with Gasteiger partial charge in [-0.1, -0.05) is 6.07 Å². The number of anilines is 1. The van der Waals surface area contributed by atoms with Gasteiger partial charge in [-0.2, -0.15) is 0 Å². The van der Waals surface area contributed by atoms with E-state index in [-0.39, 0.29) is 6.09 Å². The molecule has 1 aliphatic heterocycles. The van der Waals surface area contributed by atoms with Gasteiger partial charge in [0.2, 0.25) is 0 Å². The Morgan fingerprint density at radius 3 is 2.57 bits per heavy atom. The molecule has 2 heterocycles. The topological polar surface area (TPSA) is 45.7 Å². The molecule has 1 amide bonds. The van der Waals surface area contributed by atoms with Crippen LogP contribution in [0.5, 0.6) is 0 Å². The summed E-state index contributed by atoms with van der Waals surface area (Å²) in [5.74, 6) is 0.978. The largest absolute Gasteiger partial charge is 0.444 e. The Hall–Kier alpha value is -1.78. The minimum atomic E-state index is -0.443. The summed E-state index contributed by atoms with van der Waals surface area (Å²) in [6, 6.07) is 4.11.